The van der Waals surface area contributed by atoms with Gasteiger partial charge in [-0.15, -0.1) is 0 Å². The highest BCUT2D eigenvalue weighted by molar-refractivity contribution is 5.95. The molecule has 0 aliphatic rings. The molecule has 1 amide bonds. The lowest BCUT2D eigenvalue weighted by Crippen LogP contribution is -2.31. The quantitative estimate of drug-likeness (QED) is 0.717. The van der Waals surface area contributed by atoms with Crippen LogP contribution in [0, 0.1) is 6.92 Å². The number of aryl methyl sites for hydroxylation is 1. The van der Waals surface area contributed by atoms with Crippen LogP contribution in [0.4, 0.5) is 5.69 Å². The van der Waals surface area contributed by atoms with E-state index in [1.165, 1.54) is 5.56 Å². The topological polar surface area (TPSA) is 53.2 Å². The van der Waals surface area contributed by atoms with Gasteiger partial charge in [-0.05, 0) is 44.0 Å². The molecule has 0 unspecified atom stereocenters. The van der Waals surface area contributed by atoms with E-state index in [1.807, 2.05) is 69.3 Å². The highest BCUT2D eigenvalue weighted by Crippen LogP contribution is 2.13. The summed E-state index contributed by atoms with van der Waals surface area (Å²) < 4.78 is 0. The summed E-state index contributed by atoms with van der Waals surface area (Å²) in [4.78, 5) is 12.2. The zero-order valence-electron chi connectivity index (χ0n) is 13.3. The summed E-state index contributed by atoms with van der Waals surface area (Å²) >= 11 is 0. The van der Waals surface area contributed by atoms with Gasteiger partial charge in [0.25, 0.3) is 5.91 Å². The molecule has 4 heteroatoms. The lowest BCUT2D eigenvalue weighted by Gasteiger charge is -2.14. The van der Waals surface area contributed by atoms with Gasteiger partial charge in [-0.1, -0.05) is 36.4 Å². The van der Waals surface area contributed by atoms with Gasteiger partial charge in [0.1, 0.15) is 0 Å². The van der Waals surface area contributed by atoms with Crippen LogP contribution in [-0.4, -0.2) is 11.9 Å². The van der Waals surface area contributed by atoms with E-state index in [4.69, 9.17) is 0 Å². The largest absolute Gasteiger partial charge is 0.350 e. The van der Waals surface area contributed by atoms with Crippen molar-refractivity contribution in [3.8, 4) is 0 Å². The number of rotatable bonds is 6. The molecule has 2 aromatic rings. The van der Waals surface area contributed by atoms with Crippen LogP contribution >= 0.6 is 0 Å². The standard InChI is InChI=1S/C18H23N3O/c1-13(2)20-18(22)16-10-6-5-9-15(16)12-19-21-17-11-7-4-8-14(17)3/h4-11,13,19,21H,12H2,1-3H3,(H,20,22). The van der Waals surface area contributed by atoms with E-state index in [0.717, 1.165) is 11.3 Å². The minimum Gasteiger partial charge on any atom is -0.350 e. The molecule has 0 saturated carbocycles. The zero-order valence-corrected chi connectivity index (χ0v) is 13.3. The van der Waals surface area contributed by atoms with E-state index in [-0.39, 0.29) is 11.9 Å². The summed E-state index contributed by atoms with van der Waals surface area (Å²) in [7, 11) is 0. The first-order chi connectivity index (χ1) is 10.6. The van der Waals surface area contributed by atoms with Crippen molar-refractivity contribution in [2.24, 2.45) is 0 Å². The molecule has 0 heterocycles. The number of carbonyl (C=O) groups is 1. The second-order valence-electron chi connectivity index (χ2n) is 5.58. The fraction of sp³-hybridized carbons (Fsp3) is 0.278. The molecule has 0 spiro atoms. The van der Waals surface area contributed by atoms with Gasteiger partial charge in [0.2, 0.25) is 0 Å². The van der Waals surface area contributed by atoms with E-state index >= 15 is 0 Å². The van der Waals surface area contributed by atoms with Gasteiger partial charge in [0.15, 0.2) is 0 Å². The Morgan fingerprint density at radius 2 is 1.73 bits per heavy atom. The fourth-order valence-corrected chi connectivity index (χ4v) is 2.18. The number of hydrogen-bond acceptors (Lipinski definition) is 3. The van der Waals surface area contributed by atoms with Crippen molar-refractivity contribution >= 4 is 11.6 Å². The third-order valence-electron chi connectivity index (χ3n) is 3.33. The minimum atomic E-state index is -0.0386. The first-order valence-electron chi connectivity index (χ1n) is 7.51. The van der Waals surface area contributed by atoms with Crippen molar-refractivity contribution in [2.45, 2.75) is 33.4 Å². The fourth-order valence-electron chi connectivity index (χ4n) is 2.18. The number of para-hydroxylation sites is 1. The van der Waals surface area contributed by atoms with Crippen LogP contribution in [0.1, 0.15) is 35.3 Å². The van der Waals surface area contributed by atoms with Crippen LogP contribution in [0.25, 0.3) is 0 Å². The van der Waals surface area contributed by atoms with Gasteiger partial charge < -0.3 is 10.7 Å². The maximum absolute atomic E-state index is 12.2. The number of carbonyl (C=O) groups excluding carboxylic acids is 1. The molecule has 2 aromatic carbocycles. The number of benzene rings is 2. The number of hydrogen-bond donors (Lipinski definition) is 3. The van der Waals surface area contributed by atoms with E-state index in [9.17, 15) is 4.79 Å². The highest BCUT2D eigenvalue weighted by Gasteiger charge is 2.11. The van der Waals surface area contributed by atoms with Crippen molar-refractivity contribution in [3.05, 3.63) is 65.2 Å². The van der Waals surface area contributed by atoms with Crippen molar-refractivity contribution in [1.29, 1.82) is 0 Å². The van der Waals surface area contributed by atoms with Gasteiger partial charge >= 0.3 is 0 Å². The van der Waals surface area contributed by atoms with E-state index in [1.54, 1.807) is 0 Å². The predicted molar refractivity (Wildman–Crippen MR) is 90.7 cm³/mol. The molecule has 0 radical (unpaired) electrons. The number of anilines is 1. The summed E-state index contributed by atoms with van der Waals surface area (Å²) in [5, 5.41) is 2.93. The number of hydrazine groups is 1. The molecule has 0 bridgehead atoms. The van der Waals surface area contributed by atoms with Crippen molar-refractivity contribution < 1.29 is 4.79 Å². The normalized spacial score (nSPS) is 10.5. The van der Waals surface area contributed by atoms with Gasteiger partial charge in [-0.2, -0.15) is 0 Å². The molecular weight excluding hydrogens is 274 g/mol. The molecule has 0 fully saturated rings. The second kappa shape index (κ2) is 7.61. The highest BCUT2D eigenvalue weighted by atomic mass is 16.1. The maximum Gasteiger partial charge on any atom is 0.251 e. The summed E-state index contributed by atoms with van der Waals surface area (Å²) in [6.07, 6.45) is 0. The smallest absolute Gasteiger partial charge is 0.251 e. The summed E-state index contributed by atoms with van der Waals surface area (Å²) in [6.45, 7) is 6.53. The van der Waals surface area contributed by atoms with E-state index in [2.05, 4.69) is 16.2 Å². The molecule has 0 aliphatic carbocycles. The van der Waals surface area contributed by atoms with Crippen LogP contribution in [0.2, 0.25) is 0 Å². The van der Waals surface area contributed by atoms with Gasteiger partial charge in [0, 0.05) is 18.2 Å². The summed E-state index contributed by atoms with van der Waals surface area (Å²) in [5.41, 5.74) is 10.2. The minimum absolute atomic E-state index is 0.0386. The van der Waals surface area contributed by atoms with Gasteiger partial charge in [0.05, 0.1) is 5.69 Å². The Hall–Kier alpha value is -2.33. The lowest BCUT2D eigenvalue weighted by atomic mass is 10.1. The molecule has 3 N–H and O–H groups in total. The summed E-state index contributed by atoms with van der Waals surface area (Å²) in [5.74, 6) is -0.0386. The molecule has 22 heavy (non-hydrogen) atoms. The molecule has 0 atom stereocenters. The molecular formula is C18H23N3O. The zero-order chi connectivity index (χ0) is 15.9. The van der Waals surface area contributed by atoms with Crippen LogP contribution in [-0.2, 0) is 6.54 Å². The third-order valence-corrected chi connectivity index (χ3v) is 3.33. The first kappa shape index (κ1) is 16.0. The third kappa shape index (κ3) is 4.33. The lowest BCUT2D eigenvalue weighted by molar-refractivity contribution is 0.0942. The molecule has 0 saturated heterocycles. The Kier molecular flexibility index (Phi) is 5.55. The Labute approximate surface area is 131 Å². The van der Waals surface area contributed by atoms with Gasteiger partial charge in [-0.3, -0.25) is 4.79 Å². The van der Waals surface area contributed by atoms with E-state index in [0.29, 0.717) is 12.1 Å². The van der Waals surface area contributed by atoms with Crippen molar-refractivity contribution in [1.82, 2.24) is 10.7 Å². The monoisotopic (exact) mass is 297 g/mol. The molecule has 116 valence electrons. The SMILES string of the molecule is Cc1ccccc1NNCc1ccccc1C(=O)NC(C)C. The number of nitrogens with one attached hydrogen (secondary N) is 3. The Bertz CT molecular complexity index is 638. The molecule has 4 nitrogen and oxygen atoms in total. The average Bonchev–Trinajstić information content (AvgIpc) is 2.49. The Balaban J connectivity index is 2.01. The molecule has 0 aromatic heterocycles. The average molecular weight is 297 g/mol. The second-order valence-corrected chi connectivity index (χ2v) is 5.58. The van der Waals surface area contributed by atoms with Crippen molar-refractivity contribution in [3.63, 3.8) is 0 Å². The Morgan fingerprint density at radius 3 is 2.45 bits per heavy atom. The van der Waals surface area contributed by atoms with Crippen LogP contribution in [0.15, 0.2) is 48.5 Å². The van der Waals surface area contributed by atoms with Crippen LogP contribution < -0.4 is 16.2 Å². The first-order valence-corrected chi connectivity index (χ1v) is 7.51. The maximum atomic E-state index is 12.2. The molecule has 2 rings (SSSR count). The summed E-state index contributed by atoms with van der Waals surface area (Å²) in [6, 6.07) is 15.8. The Morgan fingerprint density at radius 1 is 1.05 bits per heavy atom. The van der Waals surface area contributed by atoms with E-state index < -0.39 is 0 Å². The number of amides is 1. The van der Waals surface area contributed by atoms with Crippen molar-refractivity contribution in [2.75, 3.05) is 5.43 Å². The van der Waals surface area contributed by atoms with Crippen LogP contribution in [0.3, 0.4) is 0 Å². The molecule has 0 aliphatic heterocycles. The predicted octanol–water partition coefficient (Wildman–Crippen LogP) is 3.25. The van der Waals surface area contributed by atoms with Crippen LogP contribution in [0.5, 0.6) is 0 Å². The van der Waals surface area contributed by atoms with Gasteiger partial charge in [-0.25, -0.2) is 5.43 Å².